The van der Waals surface area contributed by atoms with Gasteiger partial charge in [0.2, 0.25) is 0 Å². The lowest BCUT2D eigenvalue weighted by Gasteiger charge is -2.36. The van der Waals surface area contributed by atoms with Gasteiger partial charge in [-0.3, -0.25) is 4.90 Å². The van der Waals surface area contributed by atoms with Crippen molar-refractivity contribution in [2.75, 3.05) is 33.2 Å². The zero-order valence-corrected chi connectivity index (χ0v) is 13.4. The van der Waals surface area contributed by atoms with Gasteiger partial charge >= 0.3 is 0 Å². The summed E-state index contributed by atoms with van der Waals surface area (Å²) < 4.78 is 0.855. The van der Waals surface area contributed by atoms with Crippen LogP contribution in [0.2, 0.25) is 4.34 Å². The van der Waals surface area contributed by atoms with Crippen molar-refractivity contribution in [3.05, 3.63) is 21.3 Å². The summed E-state index contributed by atoms with van der Waals surface area (Å²) in [6.45, 7) is 6.37. The SMILES string of the molecule is CCC1CN(C)CCCN1C(CN)c1ccc(Cl)s1. The van der Waals surface area contributed by atoms with Crippen LogP contribution in [0.1, 0.15) is 30.7 Å². The quantitative estimate of drug-likeness (QED) is 0.928. The molecule has 1 aromatic rings. The second kappa shape index (κ2) is 7.04. The van der Waals surface area contributed by atoms with Gasteiger partial charge in [-0.15, -0.1) is 11.3 Å². The number of hydrogen-bond donors (Lipinski definition) is 1. The molecule has 1 fully saturated rings. The number of hydrogen-bond acceptors (Lipinski definition) is 4. The monoisotopic (exact) mass is 301 g/mol. The number of halogens is 1. The van der Waals surface area contributed by atoms with Crippen molar-refractivity contribution in [3.8, 4) is 0 Å². The number of nitrogens with zero attached hydrogens (tertiary/aromatic N) is 2. The van der Waals surface area contributed by atoms with Crippen LogP contribution in [0.5, 0.6) is 0 Å². The highest BCUT2D eigenvalue weighted by atomic mass is 35.5. The fourth-order valence-corrected chi connectivity index (χ4v) is 4.15. The first-order valence-electron chi connectivity index (χ1n) is 7.05. The largest absolute Gasteiger partial charge is 0.329 e. The van der Waals surface area contributed by atoms with Gasteiger partial charge in [0, 0.05) is 30.6 Å². The Balaban J connectivity index is 2.19. The summed E-state index contributed by atoms with van der Waals surface area (Å²) in [5.74, 6) is 0. The van der Waals surface area contributed by atoms with Crippen LogP contribution >= 0.6 is 22.9 Å². The summed E-state index contributed by atoms with van der Waals surface area (Å²) in [7, 11) is 2.21. The van der Waals surface area contributed by atoms with Gasteiger partial charge in [0.15, 0.2) is 0 Å². The molecular formula is C14H24ClN3S. The molecule has 1 saturated heterocycles. The normalized spacial score (nSPS) is 24.3. The summed E-state index contributed by atoms with van der Waals surface area (Å²) >= 11 is 7.74. The Morgan fingerprint density at radius 3 is 2.84 bits per heavy atom. The Bertz CT molecular complexity index is 396. The Morgan fingerprint density at radius 1 is 1.47 bits per heavy atom. The van der Waals surface area contributed by atoms with Gasteiger partial charge in [-0.1, -0.05) is 18.5 Å². The van der Waals surface area contributed by atoms with E-state index in [1.54, 1.807) is 11.3 Å². The van der Waals surface area contributed by atoms with Gasteiger partial charge < -0.3 is 10.6 Å². The first-order valence-corrected chi connectivity index (χ1v) is 8.24. The molecule has 1 aliphatic heterocycles. The van der Waals surface area contributed by atoms with Crippen LogP contribution in [0.4, 0.5) is 0 Å². The van der Waals surface area contributed by atoms with Gasteiger partial charge in [0.05, 0.1) is 10.4 Å². The molecule has 0 amide bonds. The molecule has 2 unspecified atom stereocenters. The fourth-order valence-electron chi connectivity index (χ4n) is 2.96. The maximum Gasteiger partial charge on any atom is 0.0931 e. The van der Waals surface area contributed by atoms with E-state index >= 15 is 0 Å². The van der Waals surface area contributed by atoms with Gasteiger partial charge in [0.25, 0.3) is 0 Å². The zero-order chi connectivity index (χ0) is 13.8. The summed E-state index contributed by atoms with van der Waals surface area (Å²) in [5.41, 5.74) is 6.06. The molecule has 2 heterocycles. The smallest absolute Gasteiger partial charge is 0.0931 e. The van der Waals surface area contributed by atoms with Crippen molar-refractivity contribution in [1.82, 2.24) is 9.80 Å². The van der Waals surface area contributed by atoms with Crippen molar-refractivity contribution in [3.63, 3.8) is 0 Å². The zero-order valence-electron chi connectivity index (χ0n) is 11.8. The highest BCUT2D eigenvalue weighted by molar-refractivity contribution is 7.16. The highest BCUT2D eigenvalue weighted by Crippen LogP contribution is 2.32. The number of rotatable bonds is 4. The van der Waals surface area contributed by atoms with Gasteiger partial charge in [0.1, 0.15) is 0 Å². The highest BCUT2D eigenvalue weighted by Gasteiger charge is 2.29. The minimum absolute atomic E-state index is 0.314. The van der Waals surface area contributed by atoms with E-state index in [1.807, 2.05) is 6.07 Å². The molecule has 1 aromatic heterocycles. The third-order valence-corrected chi connectivity index (χ3v) is 5.30. The predicted molar refractivity (Wildman–Crippen MR) is 84.0 cm³/mol. The molecule has 19 heavy (non-hydrogen) atoms. The third-order valence-electron chi connectivity index (χ3n) is 3.96. The Hall–Kier alpha value is -0.130. The molecule has 3 nitrogen and oxygen atoms in total. The van der Waals surface area contributed by atoms with Crippen molar-refractivity contribution >= 4 is 22.9 Å². The molecule has 2 N–H and O–H groups in total. The second-order valence-electron chi connectivity index (χ2n) is 5.31. The molecule has 2 atom stereocenters. The van der Waals surface area contributed by atoms with Crippen LogP contribution in [0.15, 0.2) is 12.1 Å². The first kappa shape index (κ1) is 15.3. The van der Waals surface area contributed by atoms with E-state index in [2.05, 4.69) is 29.8 Å². The molecule has 0 spiro atoms. The molecule has 0 radical (unpaired) electrons. The molecule has 0 aromatic carbocycles. The lowest BCUT2D eigenvalue weighted by molar-refractivity contribution is 0.133. The minimum Gasteiger partial charge on any atom is -0.329 e. The van der Waals surface area contributed by atoms with Crippen molar-refractivity contribution in [2.24, 2.45) is 5.73 Å². The Kier molecular flexibility index (Phi) is 5.66. The van der Waals surface area contributed by atoms with Crippen LogP contribution in [0.25, 0.3) is 0 Å². The minimum atomic E-state index is 0.314. The first-order chi connectivity index (χ1) is 9.15. The van der Waals surface area contributed by atoms with Gasteiger partial charge in [-0.25, -0.2) is 0 Å². The maximum absolute atomic E-state index is 6.08. The fraction of sp³-hybridized carbons (Fsp3) is 0.714. The van der Waals surface area contributed by atoms with E-state index in [9.17, 15) is 0 Å². The molecule has 0 bridgehead atoms. The van der Waals surface area contributed by atoms with Crippen LogP contribution in [0, 0.1) is 0 Å². The van der Waals surface area contributed by atoms with Gasteiger partial charge in [-0.2, -0.15) is 0 Å². The van der Waals surface area contributed by atoms with Crippen molar-refractivity contribution in [1.29, 1.82) is 0 Å². The predicted octanol–water partition coefficient (Wildman–Crippen LogP) is 2.82. The van der Waals surface area contributed by atoms with E-state index < -0.39 is 0 Å². The number of likely N-dealkylation sites (N-methyl/N-ethyl adjacent to an activating group) is 1. The van der Waals surface area contributed by atoms with E-state index in [4.69, 9.17) is 17.3 Å². The third kappa shape index (κ3) is 3.70. The molecule has 1 aliphatic rings. The van der Waals surface area contributed by atoms with Gasteiger partial charge in [-0.05, 0) is 38.6 Å². The molecule has 5 heteroatoms. The molecule has 0 aliphatic carbocycles. The lowest BCUT2D eigenvalue weighted by Crippen LogP contribution is -2.44. The van der Waals surface area contributed by atoms with Crippen LogP contribution in [0.3, 0.4) is 0 Å². The molecule has 108 valence electrons. The van der Waals surface area contributed by atoms with Crippen LogP contribution in [-0.4, -0.2) is 49.1 Å². The van der Waals surface area contributed by atoms with Crippen LogP contribution in [-0.2, 0) is 0 Å². The Labute approximate surface area is 125 Å². The standard InChI is InChI=1S/C14H24ClN3S/c1-3-11-10-17(2)7-4-8-18(11)12(9-16)13-5-6-14(15)19-13/h5-6,11-12H,3-4,7-10,16H2,1-2H3. The number of nitrogens with two attached hydrogens (primary N) is 1. The van der Waals surface area contributed by atoms with Crippen LogP contribution < -0.4 is 5.73 Å². The maximum atomic E-state index is 6.08. The van der Waals surface area contributed by atoms with E-state index in [0.717, 1.165) is 17.4 Å². The summed E-state index contributed by atoms with van der Waals surface area (Å²) in [4.78, 5) is 6.32. The molecule has 0 saturated carbocycles. The average Bonchev–Trinajstić information content (AvgIpc) is 2.72. The van der Waals surface area contributed by atoms with E-state index in [0.29, 0.717) is 18.6 Å². The Morgan fingerprint density at radius 2 is 2.26 bits per heavy atom. The summed E-state index contributed by atoms with van der Waals surface area (Å²) in [6.07, 6.45) is 2.38. The average molecular weight is 302 g/mol. The van der Waals surface area contributed by atoms with Crippen molar-refractivity contribution < 1.29 is 0 Å². The summed E-state index contributed by atoms with van der Waals surface area (Å²) in [5, 5.41) is 0. The number of thiophene rings is 1. The second-order valence-corrected chi connectivity index (χ2v) is 7.06. The molecular weight excluding hydrogens is 278 g/mol. The summed E-state index contributed by atoms with van der Waals surface area (Å²) in [6, 6.07) is 5.01. The molecule has 2 rings (SSSR count). The topological polar surface area (TPSA) is 32.5 Å². The van der Waals surface area contributed by atoms with E-state index in [1.165, 1.54) is 24.3 Å². The van der Waals surface area contributed by atoms with Crippen molar-refractivity contribution in [2.45, 2.75) is 31.8 Å². The lowest BCUT2D eigenvalue weighted by atomic mass is 10.1. The van der Waals surface area contributed by atoms with E-state index in [-0.39, 0.29) is 0 Å².